The lowest BCUT2D eigenvalue weighted by molar-refractivity contribution is -0.145. The van der Waals surface area contributed by atoms with Crippen LogP contribution < -0.4 is 15.2 Å². The Hall–Kier alpha value is -4.28. The van der Waals surface area contributed by atoms with Crippen molar-refractivity contribution in [2.45, 2.75) is 32.0 Å². The zero-order valence-corrected chi connectivity index (χ0v) is 19.6. The molecule has 2 aromatic heterocycles. The maximum Gasteiger partial charge on any atom is 0.451 e. The third-order valence-electron chi connectivity index (χ3n) is 6.03. The summed E-state index contributed by atoms with van der Waals surface area (Å²) in [4.78, 5) is 23.2. The second kappa shape index (κ2) is 9.64. The van der Waals surface area contributed by atoms with Gasteiger partial charge in [0.15, 0.2) is 17.3 Å². The Kier molecular flexibility index (Phi) is 6.36. The number of halogens is 4. The Morgan fingerprint density at radius 2 is 1.78 bits per heavy atom. The zero-order chi connectivity index (χ0) is 26.2. The first-order valence-corrected chi connectivity index (χ1v) is 11.3. The van der Waals surface area contributed by atoms with Crippen LogP contribution >= 0.6 is 0 Å². The van der Waals surface area contributed by atoms with Crippen molar-refractivity contribution in [3.63, 3.8) is 0 Å². The first kappa shape index (κ1) is 24.4. The van der Waals surface area contributed by atoms with Gasteiger partial charge >= 0.3 is 11.9 Å². The molecular weight excluding hydrogens is 492 g/mol. The summed E-state index contributed by atoms with van der Waals surface area (Å²) in [5, 5.41) is 0. The second-order valence-electron chi connectivity index (χ2n) is 8.45. The summed E-state index contributed by atoms with van der Waals surface area (Å²) >= 11 is 0. The Bertz CT molecular complexity index is 1520. The molecule has 0 saturated carbocycles. The molecule has 1 aliphatic heterocycles. The lowest BCUT2D eigenvalue weighted by Gasteiger charge is -2.22. The topological polar surface area (TPSA) is 79.1 Å². The Balaban J connectivity index is 1.30. The average molecular weight is 512 g/mol. The number of benzene rings is 2. The van der Waals surface area contributed by atoms with Gasteiger partial charge in [-0.15, -0.1) is 0 Å². The van der Waals surface area contributed by atoms with Crippen LogP contribution in [0, 0.1) is 5.82 Å². The van der Waals surface area contributed by atoms with Gasteiger partial charge in [0, 0.05) is 17.8 Å². The van der Waals surface area contributed by atoms with Gasteiger partial charge in [0.05, 0.1) is 25.2 Å². The molecule has 0 radical (unpaired) electrons. The number of aromatic nitrogens is 4. The first-order chi connectivity index (χ1) is 17.7. The van der Waals surface area contributed by atoms with E-state index in [0.29, 0.717) is 37.1 Å². The van der Waals surface area contributed by atoms with Gasteiger partial charge in [-0.25, -0.2) is 19.2 Å². The molecule has 11 heteroatoms. The molecule has 0 unspecified atom stereocenters. The summed E-state index contributed by atoms with van der Waals surface area (Å²) in [6.45, 7) is 0.526. The van der Waals surface area contributed by atoms with E-state index in [9.17, 15) is 22.4 Å². The molecule has 1 aliphatic rings. The van der Waals surface area contributed by atoms with Crippen molar-refractivity contribution < 1.29 is 27.0 Å². The summed E-state index contributed by atoms with van der Waals surface area (Å²) in [7, 11) is 1.61. The number of methoxy groups -OCH3 is 1. The Morgan fingerprint density at radius 3 is 2.49 bits per heavy atom. The van der Waals surface area contributed by atoms with E-state index in [1.165, 1.54) is 12.1 Å². The number of ether oxygens (including phenoxy) is 2. The molecule has 0 amide bonds. The molecule has 0 atom stereocenters. The fourth-order valence-electron chi connectivity index (χ4n) is 4.20. The van der Waals surface area contributed by atoms with Crippen molar-refractivity contribution in [2.75, 3.05) is 7.11 Å². The number of fused-ring (bicyclic) bond motifs is 3. The minimum atomic E-state index is -4.68. The van der Waals surface area contributed by atoms with Gasteiger partial charge in [-0.1, -0.05) is 6.07 Å². The van der Waals surface area contributed by atoms with Crippen molar-refractivity contribution in [1.82, 2.24) is 19.5 Å². The summed E-state index contributed by atoms with van der Waals surface area (Å²) in [6.07, 6.45) is -1.50. The predicted molar refractivity (Wildman–Crippen MR) is 125 cm³/mol. The molecule has 0 saturated heterocycles. The molecule has 4 aromatic rings. The second-order valence-corrected chi connectivity index (χ2v) is 8.45. The minimum absolute atomic E-state index is 0.128. The molecule has 0 aliphatic carbocycles. The van der Waals surface area contributed by atoms with Crippen LogP contribution in [0.1, 0.15) is 22.6 Å². The highest BCUT2D eigenvalue weighted by Crippen LogP contribution is 2.32. The molecule has 190 valence electrons. The maximum absolute atomic E-state index is 14.6. The van der Waals surface area contributed by atoms with Crippen molar-refractivity contribution >= 4 is 0 Å². The lowest BCUT2D eigenvalue weighted by Crippen LogP contribution is -2.29. The van der Waals surface area contributed by atoms with Gasteiger partial charge in [0.1, 0.15) is 5.75 Å². The normalized spacial score (nSPS) is 12.6. The van der Waals surface area contributed by atoms with Crippen molar-refractivity contribution in [1.29, 1.82) is 0 Å². The third-order valence-corrected chi connectivity index (χ3v) is 6.03. The summed E-state index contributed by atoms with van der Waals surface area (Å²) < 4.78 is 64.7. The first-order valence-electron chi connectivity index (χ1n) is 11.3. The van der Waals surface area contributed by atoms with Crippen LogP contribution in [0.25, 0.3) is 11.3 Å². The van der Waals surface area contributed by atoms with E-state index in [1.54, 1.807) is 17.7 Å². The minimum Gasteiger partial charge on any atom is -0.497 e. The van der Waals surface area contributed by atoms with E-state index in [-0.39, 0.29) is 17.2 Å². The highest BCUT2D eigenvalue weighted by molar-refractivity contribution is 5.67. The molecule has 3 heterocycles. The van der Waals surface area contributed by atoms with E-state index >= 15 is 0 Å². The Labute approximate surface area is 208 Å². The van der Waals surface area contributed by atoms with Gasteiger partial charge in [0.2, 0.25) is 5.82 Å². The third kappa shape index (κ3) is 5.16. The number of nitrogens with zero attached hydrogens (tertiary/aromatic N) is 4. The number of hydrogen-bond acceptors (Lipinski definition) is 6. The lowest BCUT2D eigenvalue weighted by atomic mass is 9.96. The molecule has 0 bridgehead atoms. The summed E-state index contributed by atoms with van der Waals surface area (Å²) in [5.74, 6) is -1.56. The van der Waals surface area contributed by atoms with E-state index in [1.807, 2.05) is 24.3 Å². The van der Waals surface area contributed by atoms with Crippen LogP contribution in [0.5, 0.6) is 17.2 Å². The molecule has 0 fully saturated rings. The molecule has 2 aromatic carbocycles. The summed E-state index contributed by atoms with van der Waals surface area (Å²) in [5.41, 5.74) is 3.72. The highest BCUT2D eigenvalue weighted by atomic mass is 19.4. The van der Waals surface area contributed by atoms with Crippen LogP contribution in [0.4, 0.5) is 17.6 Å². The van der Waals surface area contributed by atoms with Gasteiger partial charge in [0.25, 0.3) is 0 Å². The standard InChI is InChI=1S/C26H20F4N4O3/c1-36-18-5-6-20-16(11-18)8-9-34-22(20)12-17(33-25(34)35)4-2-15-3-7-23(21(27)10-15)37-19-13-31-24(32-14-19)26(28,29)30/h3,5-7,10-14H,2,4,8-9H2,1H3. The largest absolute Gasteiger partial charge is 0.497 e. The van der Waals surface area contributed by atoms with Crippen molar-refractivity contribution in [3.05, 3.63) is 93.8 Å². The molecule has 0 N–H and O–H groups in total. The molecular formula is C26H20F4N4O3. The molecule has 5 rings (SSSR count). The monoisotopic (exact) mass is 512 g/mol. The number of aryl methyl sites for hydroxylation is 3. The highest BCUT2D eigenvalue weighted by Gasteiger charge is 2.34. The predicted octanol–water partition coefficient (Wildman–Crippen LogP) is 5.00. The van der Waals surface area contributed by atoms with E-state index in [4.69, 9.17) is 9.47 Å². The van der Waals surface area contributed by atoms with Crippen LogP contribution in [-0.2, 0) is 32.0 Å². The van der Waals surface area contributed by atoms with E-state index in [0.717, 1.165) is 35.0 Å². The van der Waals surface area contributed by atoms with E-state index < -0.39 is 17.8 Å². The number of rotatable bonds is 6. The maximum atomic E-state index is 14.6. The van der Waals surface area contributed by atoms with Gasteiger partial charge in [-0.2, -0.15) is 18.2 Å². The average Bonchev–Trinajstić information content (AvgIpc) is 2.88. The van der Waals surface area contributed by atoms with Gasteiger partial charge < -0.3 is 9.47 Å². The van der Waals surface area contributed by atoms with Crippen LogP contribution in [-0.4, -0.2) is 26.6 Å². The van der Waals surface area contributed by atoms with Crippen molar-refractivity contribution in [3.8, 4) is 28.5 Å². The molecule has 7 nitrogen and oxygen atoms in total. The quantitative estimate of drug-likeness (QED) is 0.339. The van der Waals surface area contributed by atoms with Gasteiger partial charge in [-0.3, -0.25) is 4.57 Å². The number of hydrogen-bond donors (Lipinski definition) is 0. The Morgan fingerprint density at radius 1 is 1.00 bits per heavy atom. The fraction of sp³-hybridized carbons (Fsp3) is 0.231. The molecule has 37 heavy (non-hydrogen) atoms. The SMILES string of the molecule is COc1ccc2c(c1)CCn1c-2cc(CCc2ccc(Oc3cnc(C(F)(F)F)nc3)c(F)c2)nc1=O. The fourth-order valence-corrected chi connectivity index (χ4v) is 4.20. The zero-order valence-electron chi connectivity index (χ0n) is 19.6. The van der Waals surface area contributed by atoms with E-state index in [2.05, 4.69) is 15.0 Å². The smallest absolute Gasteiger partial charge is 0.451 e. The molecule has 0 spiro atoms. The summed E-state index contributed by atoms with van der Waals surface area (Å²) in [6, 6.07) is 11.9. The van der Waals surface area contributed by atoms with Crippen LogP contribution in [0.3, 0.4) is 0 Å². The van der Waals surface area contributed by atoms with Crippen LogP contribution in [0.15, 0.2) is 59.7 Å². The van der Waals surface area contributed by atoms with Crippen molar-refractivity contribution in [2.24, 2.45) is 0 Å². The van der Waals surface area contributed by atoms with Crippen LogP contribution in [0.2, 0.25) is 0 Å². The number of alkyl halides is 3. The van der Waals surface area contributed by atoms with Gasteiger partial charge in [-0.05, 0) is 66.8 Å².